The van der Waals surface area contributed by atoms with Crippen molar-refractivity contribution in [3.8, 4) is 0 Å². The second kappa shape index (κ2) is 6.65. The topological polar surface area (TPSA) is 46.9 Å². The standard InChI is InChI=1S/C19H21N3O/c1-3-11-22-17-10-5-4-9-16(17)21-18(22)13-20-19(23)15-8-6-7-14(2)12-15/h4-10,12H,3,11,13H2,1-2H3,(H,20,23). The van der Waals surface area contributed by atoms with E-state index in [1.807, 2.05) is 49.4 Å². The van der Waals surface area contributed by atoms with Crippen molar-refractivity contribution in [3.05, 3.63) is 65.5 Å². The molecule has 3 aromatic rings. The molecule has 4 heteroatoms. The molecule has 0 fully saturated rings. The molecule has 0 saturated carbocycles. The molecule has 2 aromatic carbocycles. The van der Waals surface area contributed by atoms with E-state index in [0.29, 0.717) is 12.1 Å². The summed E-state index contributed by atoms with van der Waals surface area (Å²) in [5.74, 6) is 0.831. The average molecular weight is 307 g/mol. The Morgan fingerprint density at radius 1 is 1.17 bits per heavy atom. The molecule has 0 aliphatic heterocycles. The van der Waals surface area contributed by atoms with Crippen molar-refractivity contribution in [2.45, 2.75) is 33.4 Å². The van der Waals surface area contributed by atoms with Crippen LogP contribution in [0.2, 0.25) is 0 Å². The van der Waals surface area contributed by atoms with Crippen LogP contribution >= 0.6 is 0 Å². The van der Waals surface area contributed by atoms with Gasteiger partial charge in [0.25, 0.3) is 5.91 Å². The molecule has 0 unspecified atom stereocenters. The van der Waals surface area contributed by atoms with E-state index < -0.39 is 0 Å². The Morgan fingerprint density at radius 2 is 2.00 bits per heavy atom. The summed E-state index contributed by atoms with van der Waals surface area (Å²) in [5, 5.41) is 2.98. The lowest BCUT2D eigenvalue weighted by atomic mass is 10.1. The van der Waals surface area contributed by atoms with Crippen molar-refractivity contribution in [1.82, 2.24) is 14.9 Å². The van der Waals surface area contributed by atoms with Crippen LogP contribution in [0.25, 0.3) is 11.0 Å². The summed E-state index contributed by atoms with van der Waals surface area (Å²) in [4.78, 5) is 17.0. The SMILES string of the molecule is CCCn1c(CNC(=O)c2cccc(C)c2)nc2ccccc21. The first-order chi connectivity index (χ1) is 11.2. The number of para-hydroxylation sites is 2. The molecular weight excluding hydrogens is 286 g/mol. The van der Waals surface area contributed by atoms with Gasteiger partial charge in [0.05, 0.1) is 17.6 Å². The minimum Gasteiger partial charge on any atom is -0.345 e. The van der Waals surface area contributed by atoms with Crippen molar-refractivity contribution in [2.75, 3.05) is 0 Å². The fourth-order valence-corrected chi connectivity index (χ4v) is 2.78. The maximum absolute atomic E-state index is 12.3. The summed E-state index contributed by atoms with van der Waals surface area (Å²) in [5.41, 5.74) is 3.86. The largest absolute Gasteiger partial charge is 0.345 e. The van der Waals surface area contributed by atoms with Gasteiger partial charge in [-0.1, -0.05) is 36.8 Å². The minimum absolute atomic E-state index is 0.0659. The Morgan fingerprint density at radius 3 is 2.78 bits per heavy atom. The molecule has 1 N–H and O–H groups in total. The molecule has 118 valence electrons. The first kappa shape index (κ1) is 15.3. The van der Waals surface area contributed by atoms with Crippen LogP contribution in [0.3, 0.4) is 0 Å². The van der Waals surface area contributed by atoms with Crippen LogP contribution in [0, 0.1) is 6.92 Å². The highest BCUT2D eigenvalue weighted by molar-refractivity contribution is 5.94. The summed E-state index contributed by atoms with van der Waals surface area (Å²) in [6.45, 7) is 5.46. The third-order valence-corrected chi connectivity index (χ3v) is 3.87. The first-order valence-electron chi connectivity index (χ1n) is 7.98. The second-order valence-electron chi connectivity index (χ2n) is 5.72. The molecule has 0 aliphatic rings. The zero-order valence-electron chi connectivity index (χ0n) is 13.5. The Bertz CT molecular complexity index is 836. The molecule has 1 amide bonds. The molecule has 0 saturated heterocycles. The van der Waals surface area contributed by atoms with Crippen LogP contribution in [0.15, 0.2) is 48.5 Å². The van der Waals surface area contributed by atoms with E-state index >= 15 is 0 Å². The molecule has 4 nitrogen and oxygen atoms in total. The number of nitrogens with zero attached hydrogens (tertiary/aromatic N) is 2. The number of nitrogens with one attached hydrogen (secondary N) is 1. The summed E-state index contributed by atoms with van der Waals surface area (Å²) < 4.78 is 2.19. The van der Waals surface area contributed by atoms with Gasteiger partial charge in [-0.2, -0.15) is 0 Å². The molecule has 0 atom stereocenters. The Balaban J connectivity index is 1.81. The van der Waals surface area contributed by atoms with Crippen molar-refractivity contribution < 1.29 is 4.79 Å². The molecule has 0 aliphatic carbocycles. The van der Waals surface area contributed by atoms with E-state index in [4.69, 9.17) is 0 Å². The van der Waals surface area contributed by atoms with E-state index in [-0.39, 0.29) is 5.91 Å². The lowest BCUT2D eigenvalue weighted by Crippen LogP contribution is -2.24. The van der Waals surface area contributed by atoms with Crippen LogP contribution in [-0.2, 0) is 13.1 Å². The van der Waals surface area contributed by atoms with E-state index in [0.717, 1.165) is 35.4 Å². The van der Waals surface area contributed by atoms with Crippen LogP contribution in [0.5, 0.6) is 0 Å². The van der Waals surface area contributed by atoms with Crippen LogP contribution in [0.4, 0.5) is 0 Å². The number of amides is 1. The fourth-order valence-electron chi connectivity index (χ4n) is 2.78. The van der Waals surface area contributed by atoms with E-state index in [1.54, 1.807) is 0 Å². The molecule has 0 spiro atoms. The maximum atomic E-state index is 12.3. The number of carbonyl (C=O) groups is 1. The monoisotopic (exact) mass is 307 g/mol. The average Bonchev–Trinajstić information content (AvgIpc) is 2.91. The number of hydrogen-bond donors (Lipinski definition) is 1. The number of hydrogen-bond acceptors (Lipinski definition) is 2. The van der Waals surface area contributed by atoms with Gasteiger partial charge in [-0.15, -0.1) is 0 Å². The summed E-state index contributed by atoms with van der Waals surface area (Å²) in [7, 11) is 0. The number of benzene rings is 2. The lowest BCUT2D eigenvalue weighted by Gasteiger charge is -2.09. The Hall–Kier alpha value is -2.62. The molecule has 0 radical (unpaired) electrons. The van der Waals surface area contributed by atoms with Crippen LogP contribution < -0.4 is 5.32 Å². The van der Waals surface area contributed by atoms with Gasteiger partial charge in [0.15, 0.2) is 0 Å². The number of carbonyl (C=O) groups excluding carboxylic acids is 1. The van der Waals surface area contributed by atoms with Gasteiger partial charge in [0, 0.05) is 12.1 Å². The number of fused-ring (bicyclic) bond motifs is 1. The lowest BCUT2D eigenvalue weighted by molar-refractivity contribution is 0.0949. The molecular formula is C19H21N3O. The quantitative estimate of drug-likeness (QED) is 0.781. The zero-order chi connectivity index (χ0) is 16.2. The molecule has 23 heavy (non-hydrogen) atoms. The first-order valence-corrected chi connectivity index (χ1v) is 7.98. The smallest absolute Gasteiger partial charge is 0.251 e. The number of rotatable bonds is 5. The summed E-state index contributed by atoms with van der Waals surface area (Å²) in [6, 6.07) is 15.7. The van der Waals surface area contributed by atoms with Crippen molar-refractivity contribution >= 4 is 16.9 Å². The van der Waals surface area contributed by atoms with E-state index in [9.17, 15) is 4.79 Å². The highest BCUT2D eigenvalue weighted by Crippen LogP contribution is 2.16. The third-order valence-electron chi connectivity index (χ3n) is 3.87. The molecule has 1 aromatic heterocycles. The van der Waals surface area contributed by atoms with E-state index in [1.165, 1.54) is 0 Å². The Labute approximate surface area is 136 Å². The van der Waals surface area contributed by atoms with Gasteiger partial charge in [-0.05, 0) is 37.6 Å². The molecule has 3 rings (SSSR count). The molecule has 1 heterocycles. The van der Waals surface area contributed by atoms with Gasteiger partial charge in [0.1, 0.15) is 5.82 Å². The van der Waals surface area contributed by atoms with Gasteiger partial charge in [-0.3, -0.25) is 4.79 Å². The van der Waals surface area contributed by atoms with Gasteiger partial charge in [-0.25, -0.2) is 4.98 Å². The highest BCUT2D eigenvalue weighted by atomic mass is 16.1. The number of aryl methyl sites for hydroxylation is 2. The summed E-state index contributed by atoms with van der Waals surface area (Å²) >= 11 is 0. The number of imidazole rings is 1. The van der Waals surface area contributed by atoms with Crippen LogP contribution in [0.1, 0.15) is 35.1 Å². The fraction of sp³-hybridized carbons (Fsp3) is 0.263. The highest BCUT2D eigenvalue weighted by Gasteiger charge is 2.11. The van der Waals surface area contributed by atoms with Crippen molar-refractivity contribution in [3.63, 3.8) is 0 Å². The predicted octanol–water partition coefficient (Wildman–Crippen LogP) is 3.68. The molecule has 0 bridgehead atoms. The van der Waals surface area contributed by atoms with Crippen LogP contribution in [-0.4, -0.2) is 15.5 Å². The second-order valence-corrected chi connectivity index (χ2v) is 5.72. The van der Waals surface area contributed by atoms with Crippen molar-refractivity contribution in [1.29, 1.82) is 0 Å². The normalized spacial score (nSPS) is 10.9. The van der Waals surface area contributed by atoms with Gasteiger partial charge < -0.3 is 9.88 Å². The maximum Gasteiger partial charge on any atom is 0.251 e. The zero-order valence-corrected chi connectivity index (χ0v) is 13.5. The van der Waals surface area contributed by atoms with Crippen molar-refractivity contribution in [2.24, 2.45) is 0 Å². The van der Waals surface area contributed by atoms with E-state index in [2.05, 4.69) is 27.9 Å². The Kier molecular flexibility index (Phi) is 4.42. The third kappa shape index (κ3) is 3.26. The van der Waals surface area contributed by atoms with Gasteiger partial charge >= 0.3 is 0 Å². The number of aromatic nitrogens is 2. The van der Waals surface area contributed by atoms with Gasteiger partial charge in [0.2, 0.25) is 0 Å². The summed E-state index contributed by atoms with van der Waals surface area (Å²) in [6.07, 6.45) is 1.03. The predicted molar refractivity (Wildman–Crippen MR) is 92.4 cm³/mol. The minimum atomic E-state index is -0.0659.